The predicted octanol–water partition coefficient (Wildman–Crippen LogP) is 2.86. The number of carbonyl (C=O) groups is 1. The van der Waals surface area contributed by atoms with Crippen LogP contribution < -0.4 is 10.2 Å². The Hall–Kier alpha value is -1.62. The Labute approximate surface area is 139 Å². The van der Waals surface area contributed by atoms with E-state index in [1.54, 1.807) is 19.3 Å². The number of morpholine rings is 1. The van der Waals surface area contributed by atoms with E-state index in [2.05, 4.69) is 36.0 Å². The number of unbranched alkanes of at least 4 members (excludes halogenated alkanes) is 1. The Kier molecular flexibility index (Phi) is 6.39. The van der Waals surface area contributed by atoms with Crippen molar-refractivity contribution in [3.8, 4) is 0 Å². The Morgan fingerprint density at radius 3 is 2.91 bits per heavy atom. The molecule has 5 nitrogen and oxygen atoms in total. The molecular formula is C18H29N3O2. The van der Waals surface area contributed by atoms with Crippen LogP contribution in [0.5, 0.6) is 0 Å². The van der Waals surface area contributed by atoms with Crippen molar-refractivity contribution in [1.82, 2.24) is 10.3 Å². The zero-order valence-corrected chi connectivity index (χ0v) is 14.7. The van der Waals surface area contributed by atoms with Crippen molar-refractivity contribution in [3.05, 3.63) is 23.9 Å². The molecule has 0 aromatic carbocycles. The molecule has 1 saturated heterocycles. The normalized spacial score (nSPS) is 21.5. The first-order chi connectivity index (χ1) is 11.0. The van der Waals surface area contributed by atoms with E-state index in [0.717, 1.165) is 25.3 Å². The quantitative estimate of drug-likeness (QED) is 0.876. The van der Waals surface area contributed by atoms with Gasteiger partial charge in [0, 0.05) is 31.9 Å². The first-order valence-electron chi connectivity index (χ1n) is 8.63. The molecule has 0 bridgehead atoms. The fourth-order valence-corrected chi connectivity index (χ4v) is 2.89. The summed E-state index contributed by atoms with van der Waals surface area (Å²) in [6, 6.07) is 3.62. The Bertz CT molecular complexity index is 519. The van der Waals surface area contributed by atoms with E-state index >= 15 is 0 Å². The molecular weight excluding hydrogens is 290 g/mol. The number of nitrogens with one attached hydrogen (secondary N) is 1. The third-order valence-electron chi connectivity index (χ3n) is 4.37. The fraction of sp³-hybridized carbons (Fsp3) is 0.667. The van der Waals surface area contributed by atoms with Crippen molar-refractivity contribution in [2.45, 2.75) is 52.2 Å². The SMILES string of the molecule is CCCC[C@@H]1CN(c2cc(C(=O)NC)ccn2)C[C@H](C(C)C)O1. The van der Waals surface area contributed by atoms with Crippen molar-refractivity contribution >= 4 is 11.7 Å². The van der Waals surface area contributed by atoms with E-state index in [-0.39, 0.29) is 18.1 Å². The summed E-state index contributed by atoms with van der Waals surface area (Å²) in [5, 5.41) is 2.67. The van der Waals surface area contributed by atoms with Crippen molar-refractivity contribution in [3.63, 3.8) is 0 Å². The van der Waals surface area contributed by atoms with Crippen LogP contribution in [0.2, 0.25) is 0 Å². The molecule has 2 atom stereocenters. The molecule has 23 heavy (non-hydrogen) atoms. The molecule has 1 aromatic heterocycles. The first-order valence-corrected chi connectivity index (χ1v) is 8.63. The number of carbonyl (C=O) groups excluding carboxylic acids is 1. The average Bonchev–Trinajstić information content (AvgIpc) is 2.59. The monoisotopic (exact) mass is 319 g/mol. The van der Waals surface area contributed by atoms with Crippen LogP contribution in [0.25, 0.3) is 0 Å². The number of rotatable bonds is 6. The maximum absolute atomic E-state index is 11.8. The summed E-state index contributed by atoms with van der Waals surface area (Å²) in [6.45, 7) is 8.26. The highest BCUT2D eigenvalue weighted by Gasteiger charge is 2.30. The zero-order valence-electron chi connectivity index (χ0n) is 14.7. The van der Waals surface area contributed by atoms with E-state index in [4.69, 9.17) is 4.74 Å². The summed E-state index contributed by atoms with van der Waals surface area (Å²) < 4.78 is 6.25. The Morgan fingerprint density at radius 1 is 1.48 bits per heavy atom. The van der Waals surface area contributed by atoms with Crippen LogP contribution in [0.4, 0.5) is 5.82 Å². The van der Waals surface area contributed by atoms with Gasteiger partial charge >= 0.3 is 0 Å². The molecule has 0 spiro atoms. The molecule has 0 unspecified atom stereocenters. The molecule has 5 heteroatoms. The third kappa shape index (κ3) is 4.67. The number of anilines is 1. The van der Waals surface area contributed by atoms with Crippen molar-refractivity contribution < 1.29 is 9.53 Å². The zero-order chi connectivity index (χ0) is 16.8. The highest BCUT2D eigenvalue weighted by atomic mass is 16.5. The van der Waals surface area contributed by atoms with Crippen LogP contribution in [-0.4, -0.2) is 43.2 Å². The number of pyridine rings is 1. The number of amides is 1. The molecule has 0 saturated carbocycles. The van der Waals surface area contributed by atoms with Gasteiger partial charge in [0.1, 0.15) is 5.82 Å². The number of ether oxygens (including phenoxy) is 1. The van der Waals surface area contributed by atoms with Gasteiger partial charge in [0.2, 0.25) is 0 Å². The van der Waals surface area contributed by atoms with Gasteiger partial charge in [0.15, 0.2) is 0 Å². The van der Waals surface area contributed by atoms with Crippen LogP contribution in [-0.2, 0) is 4.74 Å². The van der Waals surface area contributed by atoms with Gasteiger partial charge in [-0.3, -0.25) is 4.79 Å². The average molecular weight is 319 g/mol. The summed E-state index contributed by atoms with van der Waals surface area (Å²) in [4.78, 5) is 18.6. The lowest BCUT2D eigenvalue weighted by atomic mass is 10.0. The van der Waals surface area contributed by atoms with Crippen LogP contribution in [0.1, 0.15) is 50.4 Å². The molecule has 1 aliphatic rings. The van der Waals surface area contributed by atoms with E-state index < -0.39 is 0 Å². The van der Waals surface area contributed by atoms with E-state index in [0.29, 0.717) is 11.5 Å². The van der Waals surface area contributed by atoms with Crippen molar-refractivity contribution in [1.29, 1.82) is 0 Å². The van der Waals surface area contributed by atoms with Crippen LogP contribution in [0.15, 0.2) is 18.3 Å². The van der Waals surface area contributed by atoms with Gasteiger partial charge in [0.25, 0.3) is 5.91 Å². The maximum Gasteiger partial charge on any atom is 0.251 e. The van der Waals surface area contributed by atoms with Crippen molar-refractivity contribution in [2.75, 3.05) is 25.0 Å². The minimum atomic E-state index is -0.0788. The topological polar surface area (TPSA) is 54.5 Å². The Morgan fingerprint density at radius 2 is 2.26 bits per heavy atom. The summed E-state index contributed by atoms with van der Waals surface area (Å²) in [6.07, 6.45) is 5.58. The highest BCUT2D eigenvalue weighted by Crippen LogP contribution is 2.25. The lowest BCUT2D eigenvalue weighted by molar-refractivity contribution is -0.0521. The van der Waals surface area contributed by atoms with Gasteiger partial charge in [-0.1, -0.05) is 33.6 Å². The second-order valence-electron chi connectivity index (χ2n) is 6.57. The summed E-state index contributed by atoms with van der Waals surface area (Å²) in [5.41, 5.74) is 0.648. The molecule has 0 radical (unpaired) electrons. The minimum Gasteiger partial charge on any atom is -0.371 e. The first kappa shape index (κ1) is 17.7. The summed E-state index contributed by atoms with van der Waals surface area (Å²) in [7, 11) is 1.65. The largest absolute Gasteiger partial charge is 0.371 e. The molecule has 1 aliphatic heterocycles. The number of hydrogen-bond acceptors (Lipinski definition) is 4. The molecule has 128 valence electrons. The summed E-state index contributed by atoms with van der Waals surface area (Å²) in [5.74, 6) is 1.25. The van der Waals surface area contributed by atoms with Gasteiger partial charge in [0.05, 0.1) is 12.2 Å². The van der Waals surface area contributed by atoms with Gasteiger partial charge in [-0.05, 0) is 24.5 Å². The van der Waals surface area contributed by atoms with E-state index in [1.807, 2.05) is 6.07 Å². The predicted molar refractivity (Wildman–Crippen MR) is 92.9 cm³/mol. The second-order valence-corrected chi connectivity index (χ2v) is 6.57. The molecule has 1 fully saturated rings. The van der Waals surface area contributed by atoms with E-state index in [9.17, 15) is 4.79 Å². The van der Waals surface area contributed by atoms with Crippen LogP contribution in [0, 0.1) is 5.92 Å². The lowest BCUT2D eigenvalue weighted by Gasteiger charge is -2.40. The molecule has 0 aliphatic carbocycles. The smallest absolute Gasteiger partial charge is 0.251 e. The number of nitrogens with zero attached hydrogens (tertiary/aromatic N) is 2. The number of aromatic nitrogens is 1. The standard InChI is InChI=1S/C18H29N3O2/c1-5-6-7-15-11-21(12-16(23-15)13(2)3)17-10-14(8-9-20-17)18(22)19-4/h8-10,13,15-16H,5-7,11-12H2,1-4H3,(H,19,22)/t15-,16-/m1/s1. The van der Waals surface area contributed by atoms with Crippen molar-refractivity contribution in [2.24, 2.45) is 5.92 Å². The van der Waals surface area contributed by atoms with Gasteiger partial charge in [-0.15, -0.1) is 0 Å². The van der Waals surface area contributed by atoms with Gasteiger partial charge in [-0.2, -0.15) is 0 Å². The van der Waals surface area contributed by atoms with Gasteiger partial charge in [-0.25, -0.2) is 4.98 Å². The fourth-order valence-electron chi connectivity index (χ4n) is 2.89. The van der Waals surface area contributed by atoms with E-state index in [1.165, 1.54) is 12.8 Å². The summed E-state index contributed by atoms with van der Waals surface area (Å²) >= 11 is 0. The molecule has 2 heterocycles. The highest BCUT2D eigenvalue weighted by molar-refractivity contribution is 5.94. The van der Waals surface area contributed by atoms with Crippen LogP contribution in [0.3, 0.4) is 0 Å². The molecule has 1 amide bonds. The van der Waals surface area contributed by atoms with Gasteiger partial charge < -0.3 is 15.0 Å². The van der Waals surface area contributed by atoms with Crippen LogP contribution >= 0.6 is 0 Å². The number of hydrogen-bond donors (Lipinski definition) is 1. The maximum atomic E-state index is 11.8. The molecule has 2 rings (SSSR count). The molecule has 1 N–H and O–H groups in total. The third-order valence-corrected chi connectivity index (χ3v) is 4.37. The second kappa shape index (κ2) is 8.29. The minimum absolute atomic E-state index is 0.0788. The Balaban J connectivity index is 2.17. The lowest BCUT2D eigenvalue weighted by Crippen LogP contribution is -2.50. The molecule has 1 aromatic rings.